The van der Waals surface area contributed by atoms with Crippen molar-refractivity contribution < 1.29 is 4.79 Å². The molecule has 1 N–H and O–H groups in total. The van der Waals surface area contributed by atoms with E-state index in [2.05, 4.69) is 46.8 Å². The Hall–Kier alpha value is -1.81. The second-order valence-corrected chi connectivity index (χ2v) is 8.20. The minimum atomic E-state index is 0.305. The summed E-state index contributed by atoms with van der Waals surface area (Å²) in [6.07, 6.45) is 6.71. The molecule has 0 radical (unpaired) electrons. The van der Waals surface area contributed by atoms with Gasteiger partial charge in [0.2, 0.25) is 5.91 Å². The number of amides is 1. The Balaban J connectivity index is 1.52. The number of carbonyl (C=O) groups is 1. The highest BCUT2D eigenvalue weighted by Gasteiger charge is 2.29. The second-order valence-electron chi connectivity index (χ2n) is 8.20. The van der Waals surface area contributed by atoms with Crippen molar-refractivity contribution in [3.8, 4) is 0 Å². The van der Waals surface area contributed by atoms with Gasteiger partial charge < -0.3 is 14.8 Å². The fraction of sp³-hybridized carbons (Fsp3) is 0.591. The maximum atomic E-state index is 13.2. The normalized spacial score (nSPS) is 21.6. The first-order chi connectivity index (χ1) is 12.6. The molecule has 2 fully saturated rings. The van der Waals surface area contributed by atoms with Crippen LogP contribution in [0.4, 0.5) is 0 Å². The number of aromatic amines is 1. The zero-order chi connectivity index (χ0) is 18.1. The number of hydrogen-bond acceptors (Lipinski definition) is 2. The first-order valence-corrected chi connectivity index (χ1v) is 10.2. The Morgan fingerprint density at radius 1 is 1.12 bits per heavy atom. The number of fused-ring (bicyclic) bond motifs is 1. The van der Waals surface area contributed by atoms with Crippen LogP contribution in [0.25, 0.3) is 10.9 Å². The molecule has 4 heteroatoms. The number of hydrogen-bond donors (Lipinski definition) is 1. The zero-order valence-corrected chi connectivity index (χ0v) is 16.2. The molecule has 140 valence electrons. The molecule has 1 atom stereocenters. The summed E-state index contributed by atoms with van der Waals surface area (Å²) in [5.41, 5.74) is 4.70. The van der Waals surface area contributed by atoms with E-state index in [4.69, 9.17) is 0 Å². The summed E-state index contributed by atoms with van der Waals surface area (Å²) in [6, 6.07) is 6.87. The number of likely N-dealkylation sites (tertiary alicyclic amines) is 2. The number of carbonyl (C=O) groups excluding carboxylic acids is 1. The summed E-state index contributed by atoms with van der Waals surface area (Å²) in [6.45, 7) is 8.62. The highest BCUT2D eigenvalue weighted by atomic mass is 16.2. The van der Waals surface area contributed by atoms with Crippen LogP contribution in [-0.4, -0.2) is 52.9 Å². The van der Waals surface area contributed by atoms with Gasteiger partial charge in [0, 0.05) is 35.7 Å². The average molecular weight is 354 g/mol. The van der Waals surface area contributed by atoms with Crippen molar-refractivity contribution in [3.05, 3.63) is 35.0 Å². The molecular weight excluding hydrogens is 322 g/mol. The van der Waals surface area contributed by atoms with Crippen molar-refractivity contribution in [1.29, 1.82) is 0 Å². The van der Waals surface area contributed by atoms with E-state index in [0.29, 0.717) is 18.4 Å². The molecule has 0 unspecified atom stereocenters. The van der Waals surface area contributed by atoms with Gasteiger partial charge >= 0.3 is 0 Å². The van der Waals surface area contributed by atoms with Crippen molar-refractivity contribution >= 4 is 16.8 Å². The number of H-pyrrole nitrogens is 1. The molecule has 0 saturated carbocycles. The largest absolute Gasteiger partial charge is 0.358 e. The summed E-state index contributed by atoms with van der Waals surface area (Å²) >= 11 is 0. The molecule has 2 aliphatic heterocycles. The van der Waals surface area contributed by atoms with Crippen LogP contribution in [0.5, 0.6) is 0 Å². The molecule has 2 aliphatic rings. The van der Waals surface area contributed by atoms with Gasteiger partial charge in [0.05, 0.1) is 6.42 Å². The van der Waals surface area contributed by atoms with Gasteiger partial charge in [-0.25, -0.2) is 0 Å². The number of piperidine rings is 1. The first kappa shape index (κ1) is 17.6. The predicted octanol–water partition coefficient (Wildman–Crippen LogP) is 3.80. The van der Waals surface area contributed by atoms with Gasteiger partial charge in [0.25, 0.3) is 0 Å². The van der Waals surface area contributed by atoms with Gasteiger partial charge in [-0.15, -0.1) is 0 Å². The van der Waals surface area contributed by atoms with E-state index in [1.807, 2.05) is 0 Å². The number of aromatic nitrogens is 1. The summed E-state index contributed by atoms with van der Waals surface area (Å²) < 4.78 is 0. The average Bonchev–Trinajstić information content (AvgIpc) is 3.24. The first-order valence-electron chi connectivity index (χ1n) is 10.2. The number of benzene rings is 1. The summed E-state index contributed by atoms with van der Waals surface area (Å²) in [7, 11) is 0. The van der Waals surface area contributed by atoms with Crippen LogP contribution in [0.3, 0.4) is 0 Å². The number of nitrogens with zero attached hydrogens (tertiary/aromatic N) is 2. The number of rotatable bonds is 4. The van der Waals surface area contributed by atoms with Crippen molar-refractivity contribution in [2.75, 3.05) is 26.2 Å². The molecule has 1 aromatic carbocycles. The Morgan fingerprint density at radius 3 is 2.69 bits per heavy atom. The highest BCUT2D eigenvalue weighted by Crippen LogP contribution is 2.26. The fourth-order valence-corrected chi connectivity index (χ4v) is 4.76. The van der Waals surface area contributed by atoms with Gasteiger partial charge in [0.15, 0.2) is 0 Å². The lowest BCUT2D eigenvalue weighted by atomic mass is 9.99. The third kappa shape index (κ3) is 3.52. The Morgan fingerprint density at radius 2 is 1.88 bits per heavy atom. The SMILES string of the molecule is Cc1ccc2[nH]c(C)c(CC(=O)N3CCCC[C@@H]3CN3CCCC3)c2c1. The molecule has 0 spiro atoms. The van der Waals surface area contributed by atoms with Gasteiger partial charge in [-0.1, -0.05) is 11.6 Å². The van der Waals surface area contributed by atoms with Crippen LogP contribution in [0, 0.1) is 13.8 Å². The topological polar surface area (TPSA) is 39.3 Å². The molecule has 4 rings (SSSR count). The van der Waals surface area contributed by atoms with E-state index in [0.717, 1.165) is 37.1 Å². The van der Waals surface area contributed by atoms with Crippen LogP contribution in [0.1, 0.15) is 48.9 Å². The molecule has 0 aliphatic carbocycles. The zero-order valence-electron chi connectivity index (χ0n) is 16.2. The Labute approximate surface area is 156 Å². The van der Waals surface area contributed by atoms with E-state index in [9.17, 15) is 4.79 Å². The third-order valence-electron chi connectivity index (χ3n) is 6.22. The molecule has 0 bridgehead atoms. The van der Waals surface area contributed by atoms with E-state index in [-0.39, 0.29) is 0 Å². The van der Waals surface area contributed by atoms with Crippen LogP contribution in [-0.2, 0) is 11.2 Å². The maximum Gasteiger partial charge on any atom is 0.227 e. The third-order valence-corrected chi connectivity index (χ3v) is 6.22. The van der Waals surface area contributed by atoms with Gasteiger partial charge in [-0.3, -0.25) is 4.79 Å². The Kier molecular flexibility index (Phi) is 5.03. The van der Waals surface area contributed by atoms with Crippen LogP contribution in [0.15, 0.2) is 18.2 Å². The number of aryl methyl sites for hydroxylation is 2. The van der Waals surface area contributed by atoms with Crippen LogP contribution >= 0.6 is 0 Å². The van der Waals surface area contributed by atoms with Gasteiger partial charge in [0.1, 0.15) is 0 Å². The van der Waals surface area contributed by atoms with Gasteiger partial charge in [-0.2, -0.15) is 0 Å². The second kappa shape index (κ2) is 7.43. The molecular formula is C22H31N3O. The Bertz CT molecular complexity index is 788. The van der Waals surface area contributed by atoms with Crippen LogP contribution < -0.4 is 0 Å². The standard InChI is InChI=1S/C22H31N3O/c1-16-8-9-21-20(13-16)19(17(2)23-21)14-22(26)25-12-4-3-7-18(25)15-24-10-5-6-11-24/h8-9,13,18,23H,3-7,10-12,14-15H2,1-2H3/t18-/m1/s1. The minimum absolute atomic E-state index is 0.305. The lowest BCUT2D eigenvalue weighted by Gasteiger charge is -2.38. The molecule has 2 saturated heterocycles. The van der Waals surface area contributed by atoms with Crippen molar-refractivity contribution in [1.82, 2.24) is 14.8 Å². The van der Waals surface area contributed by atoms with E-state index < -0.39 is 0 Å². The maximum absolute atomic E-state index is 13.2. The van der Waals surface area contributed by atoms with E-state index in [1.165, 1.54) is 48.9 Å². The van der Waals surface area contributed by atoms with E-state index >= 15 is 0 Å². The quantitative estimate of drug-likeness (QED) is 0.908. The molecule has 2 aromatic rings. The lowest BCUT2D eigenvalue weighted by molar-refractivity contribution is -0.134. The monoisotopic (exact) mass is 353 g/mol. The number of nitrogens with one attached hydrogen (secondary N) is 1. The van der Waals surface area contributed by atoms with Gasteiger partial charge in [-0.05, 0) is 76.7 Å². The summed E-state index contributed by atoms with van der Waals surface area (Å²) in [5.74, 6) is 0.305. The van der Waals surface area contributed by atoms with Crippen molar-refractivity contribution in [2.45, 2.75) is 58.4 Å². The molecule has 1 amide bonds. The fourth-order valence-electron chi connectivity index (χ4n) is 4.76. The minimum Gasteiger partial charge on any atom is -0.358 e. The highest BCUT2D eigenvalue weighted by molar-refractivity contribution is 5.90. The molecule has 3 heterocycles. The molecule has 1 aromatic heterocycles. The summed E-state index contributed by atoms with van der Waals surface area (Å²) in [4.78, 5) is 21.4. The van der Waals surface area contributed by atoms with Crippen molar-refractivity contribution in [3.63, 3.8) is 0 Å². The summed E-state index contributed by atoms with van der Waals surface area (Å²) in [5, 5.41) is 1.21. The van der Waals surface area contributed by atoms with Crippen molar-refractivity contribution in [2.24, 2.45) is 0 Å². The molecule has 4 nitrogen and oxygen atoms in total. The van der Waals surface area contributed by atoms with Crippen LogP contribution in [0.2, 0.25) is 0 Å². The smallest absolute Gasteiger partial charge is 0.227 e. The lowest BCUT2D eigenvalue weighted by Crippen LogP contribution is -2.49. The van der Waals surface area contributed by atoms with E-state index in [1.54, 1.807) is 0 Å². The molecule has 26 heavy (non-hydrogen) atoms. The predicted molar refractivity (Wildman–Crippen MR) is 107 cm³/mol.